The maximum Gasteiger partial charge on any atom is 0.411 e. The summed E-state index contributed by atoms with van der Waals surface area (Å²) in [5, 5.41) is 0. The summed E-state index contributed by atoms with van der Waals surface area (Å²) in [4.78, 5) is 38.6. The number of ketones is 1. The molecule has 30 heavy (non-hydrogen) atoms. The van der Waals surface area contributed by atoms with E-state index in [0.29, 0.717) is 13.2 Å². The molecule has 1 aliphatic rings. The molecule has 2 atom stereocenters. The predicted octanol–water partition coefficient (Wildman–Crippen LogP) is 2.59. The van der Waals surface area contributed by atoms with Gasteiger partial charge < -0.3 is 18.9 Å². The number of methoxy groups -OCH3 is 1. The number of hydrogen-bond donors (Lipinski definition) is 0. The Balaban J connectivity index is 2.02. The molecule has 1 fully saturated rings. The summed E-state index contributed by atoms with van der Waals surface area (Å²) in [5.74, 6) is -1.85. The zero-order chi connectivity index (χ0) is 22.3. The largest absolute Gasteiger partial charge is 0.456 e. The molecule has 2 rings (SSSR count). The van der Waals surface area contributed by atoms with Gasteiger partial charge in [0, 0.05) is 19.1 Å². The smallest absolute Gasteiger partial charge is 0.411 e. The molecular formula is C21H28FNO7. The van der Waals surface area contributed by atoms with Crippen LogP contribution in [0.1, 0.15) is 37.6 Å². The Bertz CT molecular complexity index is 762. The fourth-order valence-electron chi connectivity index (χ4n) is 2.94. The number of carbonyl (C=O) groups is 3. The lowest BCUT2D eigenvalue weighted by molar-refractivity contribution is -0.147. The average molecular weight is 425 g/mol. The zero-order valence-corrected chi connectivity index (χ0v) is 17.7. The summed E-state index contributed by atoms with van der Waals surface area (Å²) in [7, 11) is 1.54. The van der Waals surface area contributed by atoms with Gasteiger partial charge in [0.25, 0.3) is 0 Å². The minimum Gasteiger partial charge on any atom is -0.456 e. The van der Waals surface area contributed by atoms with E-state index in [2.05, 4.69) is 0 Å². The number of nitrogens with zero attached hydrogens (tertiary/aromatic N) is 1. The minimum absolute atomic E-state index is 0.0963. The fraction of sp³-hybridized carbons (Fsp3) is 0.571. The lowest BCUT2D eigenvalue weighted by atomic mass is 10.1. The maximum absolute atomic E-state index is 13.3. The van der Waals surface area contributed by atoms with Crippen LogP contribution in [0.3, 0.4) is 0 Å². The first-order chi connectivity index (χ1) is 14.1. The van der Waals surface area contributed by atoms with E-state index in [9.17, 15) is 18.8 Å². The van der Waals surface area contributed by atoms with Crippen molar-refractivity contribution >= 4 is 17.8 Å². The highest BCUT2D eigenvalue weighted by atomic mass is 19.1. The highest BCUT2D eigenvalue weighted by molar-refractivity contribution is 5.98. The maximum atomic E-state index is 13.3. The molecule has 8 nitrogen and oxygen atoms in total. The van der Waals surface area contributed by atoms with Crippen molar-refractivity contribution in [1.29, 1.82) is 0 Å². The predicted molar refractivity (Wildman–Crippen MR) is 105 cm³/mol. The Hall–Kier alpha value is -2.52. The van der Waals surface area contributed by atoms with E-state index in [4.69, 9.17) is 18.9 Å². The second-order valence-corrected chi connectivity index (χ2v) is 7.91. The Kier molecular flexibility index (Phi) is 8.31. The van der Waals surface area contributed by atoms with E-state index in [-0.39, 0.29) is 18.5 Å². The van der Waals surface area contributed by atoms with Gasteiger partial charge in [-0.2, -0.15) is 0 Å². The third-order valence-electron chi connectivity index (χ3n) is 4.30. The van der Waals surface area contributed by atoms with Gasteiger partial charge >= 0.3 is 12.1 Å². The number of benzene rings is 1. The summed E-state index contributed by atoms with van der Waals surface area (Å²) in [6, 6.07) is 4.16. The number of esters is 1. The van der Waals surface area contributed by atoms with Gasteiger partial charge in [0.1, 0.15) is 17.5 Å². The van der Waals surface area contributed by atoms with Crippen molar-refractivity contribution in [3.8, 4) is 0 Å². The molecule has 1 heterocycles. The summed E-state index contributed by atoms with van der Waals surface area (Å²) in [6.07, 6.45) is -0.862. The van der Waals surface area contributed by atoms with E-state index in [1.165, 1.54) is 23.1 Å². The molecule has 0 bridgehead atoms. The third-order valence-corrected chi connectivity index (χ3v) is 4.30. The molecule has 1 amide bonds. The van der Waals surface area contributed by atoms with Crippen LogP contribution in [0, 0.1) is 5.82 Å². The van der Waals surface area contributed by atoms with Gasteiger partial charge in [-0.15, -0.1) is 0 Å². The topological polar surface area (TPSA) is 91.4 Å². The van der Waals surface area contributed by atoms with Crippen molar-refractivity contribution < 1.29 is 37.7 Å². The van der Waals surface area contributed by atoms with E-state index in [1.54, 1.807) is 27.9 Å². The molecule has 0 saturated carbocycles. The molecular weight excluding hydrogens is 397 g/mol. The van der Waals surface area contributed by atoms with Crippen molar-refractivity contribution in [2.45, 2.75) is 44.9 Å². The van der Waals surface area contributed by atoms with Gasteiger partial charge in [-0.1, -0.05) is 12.1 Å². The van der Waals surface area contributed by atoms with Crippen LogP contribution in [0.5, 0.6) is 0 Å². The molecule has 0 unspecified atom stereocenters. The molecule has 0 aliphatic carbocycles. The number of ether oxygens (including phenoxy) is 4. The molecule has 166 valence electrons. The second kappa shape index (κ2) is 10.5. The summed E-state index contributed by atoms with van der Waals surface area (Å²) >= 11 is 0. The first kappa shape index (κ1) is 23.8. The Morgan fingerprint density at radius 2 is 1.93 bits per heavy atom. The number of halogens is 1. The summed E-state index contributed by atoms with van der Waals surface area (Å²) in [5.41, 5.74) is -0.646. The van der Waals surface area contributed by atoms with Crippen LogP contribution in [0.4, 0.5) is 9.18 Å². The first-order valence-electron chi connectivity index (χ1n) is 9.66. The fourth-order valence-corrected chi connectivity index (χ4v) is 2.94. The first-order valence-corrected chi connectivity index (χ1v) is 9.66. The molecule has 1 aromatic carbocycles. The van der Waals surface area contributed by atoms with Crippen LogP contribution in [-0.2, 0) is 23.7 Å². The van der Waals surface area contributed by atoms with E-state index < -0.39 is 48.0 Å². The molecule has 0 radical (unpaired) electrons. The normalized spacial score (nSPS) is 18.9. The molecule has 0 N–H and O–H groups in total. The van der Waals surface area contributed by atoms with E-state index in [1.807, 2.05) is 0 Å². The number of hydrogen-bond acceptors (Lipinski definition) is 7. The van der Waals surface area contributed by atoms with Crippen molar-refractivity contribution in [1.82, 2.24) is 4.90 Å². The lowest BCUT2D eigenvalue weighted by Gasteiger charge is -2.27. The molecule has 9 heteroatoms. The number of amides is 1. The Morgan fingerprint density at radius 3 is 2.57 bits per heavy atom. The van der Waals surface area contributed by atoms with Crippen LogP contribution in [0.25, 0.3) is 0 Å². The standard InChI is InChI=1S/C21H28FNO7/c1-21(2,3)30-20(26)23-12-16(28-9-8-27-4)11-17(23)19(25)29-13-18(24)14-6-5-7-15(22)10-14/h5-7,10,16-17H,8-9,11-13H2,1-4H3/t16-,17+/m1/s1. The van der Waals surface area contributed by atoms with Gasteiger partial charge in [-0.3, -0.25) is 9.69 Å². The highest BCUT2D eigenvalue weighted by Crippen LogP contribution is 2.24. The summed E-state index contributed by atoms with van der Waals surface area (Å²) < 4.78 is 34.4. The number of Topliss-reactive ketones (excluding diaryl/α,β-unsaturated/α-hetero) is 1. The average Bonchev–Trinajstić information content (AvgIpc) is 3.09. The number of carbonyl (C=O) groups excluding carboxylic acids is 3. The monoisotopic (exact) mass is 425 g/mol. The van der Waals surface area contributed by atoms with Crippen molar-refractivity contribution in [2.75, 3.05) is 33.5 Å². The molecule has 1 saturated heterocycles. The lowest BCUT2D eigenvalue weighted by Crippen LogP contribution is -2.44. The van der Waals surface area contributed by atoms with Gasteiger partial charge in [-0.05, 0) is 32.9 Å². The van der Waals surface area contributed by atoms with Gasteiger partial charge in [-0.25, -0.2) is 14.0 Å². The van der Waals surface area contributed by atoms with Crippen LogP contribution in [0.2, 0.25) is 0 Å². The van der Waals surface area contributed by atoms with Crippen LogP contribution in [0.15, 0.2) is 24.3 Å². The molecule has 0 spiro atoms. The van der Waals surface area contributed by atoms with Crippen molar-refractivity contribution in [3.05, 3.63) is 35.6 Å². The molecule has 1 aliphatic heterocycles. The van der Waals surface area contributed by atoms with Gasteiger partial charge in [0.15, 0.2) is 12.4 Å². The van der Waals surface area contributed by atoms with Crippen LogP contribution >= 0.6 is 0 Å². The minimum atomic E-state index is -0.951. The number of likely N-dealkylation sites (tertiary alicyclic amines) is 1. The third kappa shape index (κ3) is 7.07. The Morgan fingerprint density at radius 1 is 1.20 bits per heavy atom. The van der Waals surface area contributed by atoms with E-state index in [0.717, 1.165) is 6.07 Å². The summed E-state index contributed by atoms with van der Waals surface area (Å²) in [6.45, 7) is 5.44. The van der Waals surface area contributed by atoms with Crippen LogP contribution < -0.4 is 0 Å². The quantitative estimate of drug-likeness (QED) is 0.359. The van der Waals surface area contributed by atoms with E-state index >= 15 is 0 Å². The molecule has 1 aromatic rings. The van der Waals surface area contributed by atoms with Crippen LogP contribution in [-0.4, -0.2) is 74.0 Å². The number of rotatable bonds is 8. The SMILES string of the molecule is COCCO[C@@H]1C[C@@H](C(=O)OCC(=O)c2cccc(F)c2)N(C(=O)OC(C)(C)C)C1. The molecule has 0 aromatic heterocycles. The Labute approximate surface area is 175 Å². The van der Waals surface area contributed by atoms with Crippen molar-refractivity contribution in [2.24, 2.45) is 0 Å². The zero-order valence-electron chi connectivity index (χ0n) is 17.7. The highest BCUT2D eigenvalue weighted by Gasteiger charge is 2.43. The van der Waals surface area contributed by atoms with Gasteiger partial charge in [0.05, 0.1) is 25.9 Å². The second-order valence-electron chi connectivity index (χ2n) is 7.91. The van der Waals surface area contributed by atoms with Gasteiger partial charge in [0.2, 0.25) is 0 Å². The van der Waals surface area contributed by atoms with Crippen molar-refractivity contribution in [3.63, 3.8) is 0 Å².